The molecule has 0 radical (unpaired) electrons. The number of hydrogen-bond donors (Lipinski definition) is 0. The summed E-state index contributed by atoms with van der Waals surface area (Å²) in [5, 5.41) is 21.1. The molecule has 3 rings (SSSR count). The Morgan fingerprint density at radius 3 is 2.47 bits per heavy atom. The van der Waals surface area contributed by atoms with Crippen molar-refractivity contribution in [3.8, 4) is 11.8 Å². The molecule has 2 aromatic carbocycles. The Kier molecular flexibility index (Phi) is 7.20. The maximum atomic E-state index is 13.2. The van der Waals surface area contributed by atoms with Crippen LogP contribution in [-0.4, -0.2) is 37.9 Å². The molecule has 0 bridgehead atoms. The first-order valence-corrected chi connectivity index (χ1v) is 10.7. The number of rotatable bonds is 8. The van der Waals surface area contributed by atoms with Gasteiger partial charge in [-0.2, -0.15) is 9.94 Å². The highest BCUT2D eigenvalue weighted by Gasteiger charge is 2.25. The van der Waals surface area contributed by atoms with E-state index in [2.05, 4.69) is 47.6 Å². The molecule has 1 heterocycles. The van der Waals surface area contributed by atoms with Gasteiger partial charge in [0.15, 0.2) is 0 Å². The third-order valence-electron chi connectivity index (χ3n) is 4.66. The maximum Gasteiger partial charge on any atom is 0.240 e. The molecule has 0 spiro atoms. The lowest BCUT2D eigenvalue weighted by atomic mass is 10.0. The lowest BCUT2D eigenvalue weighted by Crippen LogP contribution is -2.37. The van der Waals surface area contributed by atoms with Crippen LogP contribution in [0.25, 0.3) is 5.69 Å². The van der Waals surface area contributed by atoms with Crippen LogP contribution in [0.2, 0.25) is 0 Å². The molecule has 3 aromatic rings. The molecule has 30 heavy (non-hydrogen) atoms. The Labute approximate surface area is 180 Å². The summed E-state index contributed by atoms with van der Waals surface area (Å²) < 4.78 is 1.64. The zero-order chi connectivity index (χ0) is 21.5. The largest absolute Gasteiger partial charge is 0.310 e. The van der Waals surface area contributed by atoms with E-state index in [0.29, 0.717) is 17.6 Å². The van der Waals surface area contributed by atoms with Crippen LogP contribution >= 0.6 is 11.8 Å². The van der Waals surface area contributed by atoms with Crippen molar-refractivity contribution >= 4 is 23.4 Å². The normalized spacial score (nSPS) is 11.8. The number of nitrogens with zero attached hydrogens (tertiary/aromatic N) is 6. The van der Waals surface area contributed by atoms with Gasteiger partial charge < -0.3 is 4.90 Å². The molecule has 0 aliphatic heterocycles. The minimum absolute atomic E-state index is 0.0915. The van der Waals surface area contributed by atoms with E-state index in [1.807, 2.05) is 49.4 Å². The summed E-state index contributed by atoms with van der Waals surface area (Å²) in [6, 6.07) is 19.6. The molecule has 0 fully saturated rings. The van der Waals surface area contributed by atoms with Crippen molar-refractivity contribution < 1.29 is 4.79 Å². The second-order valence-corrected chi connectivity index (χ2v) is 8.42. The van der Waals surface area contributed by atoms with Gasteiger partial charge in [-0.15, -0.1) is 5.10 Å². The molecule has 0 N–H and O–H groups in total. The zero-order valence-electron chi connectivity index (χ0n) is 17.3. The molecule has 0 unspecified atom stereocenters. The summed E-state index contributed by atoms with van der Waals surface area (Å²) in [4.78, 5) is 14.8. The van der Waals surface area contributed by atoms with Crippen LogP contribution in [0.1, 0.15) is 38.7 Å². The maximum absolute atomic E-state index is 13.2. The highest BCUT2D eigenvalue weighted by molar-refractivity contribution is 8.00. The fourth-order valence-electron chi connectivity index (χ4n) is 2.98. The summed E-state index contributed by atoms with van der Waals surface area (Å²) >= 11 is 1.30. The third kappa shape index (κ3) is 5.05. The zero-order valence-corrected chi connectivity index (χ0v) is 18.1. The number of para-hydroxylation sites is 1. The molecular formula is C22H24N6OS. The van der Waals surface area contributed by atoms with E-state index in [0.717, 1.165) is 11.4 Å². The summed E-state index contributed by atoms with van der Waals surface area (Å²) in [5.41, 5.74) is 2.85. The van der Waals surface area contributed by atoms with Crippen molar-refractivity contribution in [2.45, 2.75) is 43.5 Å². The van der Waals surface area contributed by atoms with Gasteiger partial charge in [-0.25, -0.2) is 0 Å². The van der Waals surface area contributed by atoms with Gasteiger partial charge in [-0.1, -0.05) is 55.9 Å². The van der Waals surface area contributed by atoms with Gasteiger partial charge in [-0.3, -0.25) is 4.79 Å². The fourth-order valence-corrected chi connectivity index (χ4v) is 3.85. The van der Waals surface area contributed by atoms with E-state index in [1.54, 1.807) is 9.58 Å². The predicted octanol–water partition coefficient (Wildman–Crippen LogP) is 4.21. The van der Waals surface area contributed by atoms with Gasteiger partial charge >= 0.3 is 0 Å². The van der Waals surface area contributed by atoms with E-state index >= 15 is 0 Å². The standard InChI is InChI=1S/C22H24N6OS/c1-16(2)18-10-12-20(13-11-18)28-22(24-25-26-28)30-17(3)21(29)27(15-7-14-23)19-8-5-4-6-9-19/h4-6,8-13,16-17H,7,15H2,1-3H3/t17-/m0/s1. The van der Waals surface area contributed by atoms with E-state index < -0.39 is 5.25 Å². The molecule has 0 aliphatic rings. The Balaban J connectivity index is 1.78. The fraction of sp³-hybridized carbons (Fsp3) is 0.318. The molecule has 1 aromatic heterocycles. The Hall–Kier alpha value is -3.18. The van der Waals surface area contributed by atoms with Crippen molar-refractivity contribution in [1.82, 2.24) is 20.2 Å². The molecular weight excluding hydrogens is 396 g/mol. The molecule has 7 nitrogen and oxygen atoms in total. The number of hydrogen-bond acceptors (Lipinski definition) is 6. The monoisotopic (exact) mass is 420 g/mol. The minimum atomic E-state index is -0.427. The molecule has 1 amide bonds. The first-order chi connectivity index (χ1) is 14.5. The number of thioether (sulfide) groups is 1. The lowest BCUT2D eigenvalue weighted by Gasteiger charge is -2.24. The van der Waals surface area contributed by atoms with E-state index in [-0.39, 0.29) is 12.3 Å². The van der Waals surface area contributed by atoms with Crippen molar-refractivity contribution in [3.05, 3.63) is 60.2 Å². The van der Waals surface area contributed by atoms with Crippen molar-refractivity contribution in [2.24, 2.45) is 0 Å². The summed E-state index contributed by atoms with van der Waals surface area (Å²) in [5.74, 6) is 0.350. The topological polar surface area (TPSA) is 87.7 Å². The second-order valence-electron chi connectivity index (χ2n) is 7.11. The van der Waals surface area contributed by atoms with Gasteiger partial charge in [0, 0.05) is 12.2 Å². The van der Waals surface area contributed by atoms with Crippen LogP contribution in [0.15, 0.2) is 59.8 Å². The van der Waals surface area contributed by atoms with Crippen LogP contribution < -0.4 is 4.90 Å². The van der Waals surface area contributed by atoms with Gasteiger partial charge in [-0.05, 0) is 53.1 Å². The summed E-state index contributed by atoms with van der Waals surface area (Å²) in [6.45, 7) is 6.46. The van der Waals surface area contributed by atoms with Crippen molar-refractivity contribution in [1.29, 1.82) is 5.26 Å². The van der Waals surface area contributed by atoms with Gasteiger partial charge in [0.1, 0.15) is 0 Å². The van der Waals surface area contributed by atoms with E-state index in [9.17, 15) is 4.79 Å². The first-order valence-electron chi connectivity index (χ1n) is 9.80. The smallest absolute Gasteiger partial charge is 0.240 e. The molecule has 0 saturated heterocycles. The Morgan fingerprint density at radius 1 is 1.13 bits per heavy atom. The number of amides is 1. The molecule has 8 heteroatoms. The highest BCUT2D eigenvalue weighted by atomic mass is 32.2. The Bertz CT molecular complexity index is 1010. The summed E-state index contributed by atoms with van der Waals surface area (Å²) in [6.07, 6.45) is 0.262. The SMILES string of the molecule is CC(C)c1ccc(-n2nnnc2S[C@@H](C)C(=O)N(CCC#N)c2ccccc2)cc1. The van der Waals surface area contributed by atoms with E-state index in [1.165, 1.54) is 17.3 Å². The number of tetrazole rings is 1. The van der Waals surface area contributed by atoms with E-state index in [4.69, 9.17) is 5.26 Å². The average Bonchev–Trinajstić information content (AvgIpc) is 3.22. The Morgan fingerprint density at radius 2 is 1.83 bits per heavy atom. The summed E-state index contributed by atoms with van der Waals surface area (Å²) in [7, 11) is 0. The molecule has 1 atom stereocenters. The third-order valence-corrected chi connectivity index (χ3v) is 5.68. The van der Waals surface area contributed by atoms with Crippen LogP contribution in [0, 0.1) is 11.3 Å². The van der Waals surface area contributed by atoms with Crippen molar-refractivity contribution in [3.63, 3.8) is 0 Å². The van der Waals surface area contributed by atoms with Crippen LogP contribution in [0.5, 0.6) is 0 Å². The number of carbonyl (C=O) groups is 1. The number of benzene rings is 2. The van der Waals surface area contributed by atoms with Gasteiger partial charge in [0.05, 0.1) is 23.4 Å². The van der Waals surface area contributed by atoms with Crippen molar-refractivity contribution in [2.75, 3.05) is 11.4 Å². The molecule has 0 saturated carbocycles. The minimum Gasteiger partial charge on any atom is -0.310 e. The first kappa shape index (κ1) is 21.5. The quantitative estimate of drug-likeness (QED) is 0.507. The lowest BCUT2D eigenvalue weighted by molar-refractivity contribution is -0.117. The van der Waals surface area contributed by atoms with Crippen LogP contribution in [0.3, 0.4) is 0 Å². The number of aromatic nitrogens is 4. The highest BCUT2D eigenvalue weighted by Crippen LogP contribution is 2.27. The van der Waals surface area contributed by atoms with Crippen LogP contribution in [-0.2, 0) is 4.79 Å². The molecule has 0 aliphatic carbocycles. The van der Waals surface area contributed by atoms with Gasteiger partial charge in [0.2, 0.25) is 11.1 Å². The predicted molar refractivity (Wildman–Crippen MR) is 118 cm³/mol. The van der Waals surface area contributed by atoms with Crippen LogP contribution in [0.4, 0.5) is 5.69 Å². The van der Waals surface area contributed by atoms with Gasteiger partial charge in [0.25, 0.3) is 0 Å². The number of carbonyl (C=O) groups excluding carboxylic acids is 1. The average molecular weight is 421 g/mol. The molecule has 154 valence electrons. The number of nitriles is 1. The number of anilines is 1. The second kappa shape index (κ2) is 10.0.